The zero-order valence-electron chi connectivity index (χ0n) is 19.1. The maximum atomic E-state index is 12.9. The predicted octanol–water partition coefficient (Wildman–Crippen LogP) is 5.23. The number of ether oxygens (including phenoxy) is 1. The highest BCUT2D eigenvalue weighted by Gasteiger charge is 2.11. The van der Waals surface area contributed by atoms with Gasteiger partial charge in [0.15, 0.2) is 0 Å². The van der Waals surface area contributed by atoms with Crippen LogP contribution in [0.15, 0.2) is 77.9 Å². The number of para-hydroxylation sites is 1. The molecular weight excluding hydrogens is 412 g/mol. The maximum absolute atomic E-state index is 12.9. The number of aromatic amines is 1. The summed E-state index contributed by atoms with van der Waals surface area (Å²) in [5.74, 6) is 0.887. The predicted molar refractivity (Wildman–Crippen MR) is 134 cm³/mol. The number of methoxy groups -OCH3 is 1. The Morgan fingerprint density at radius 1 is 1.00 bits per heavy atom. The van der Waals surface area contributed by atoms with Gasteiger partial charge >= 0.3 is 0 Å². The van der Waals surface area contributed by atoms with Crippen LogP contribution in [0.5, 0.6) is 5.75 Å². The summed E-state index contributed by atoms with van der Waals surface area (Å²) in [5.41, 5.74) is 6.03. The molecule has 0 atom stereocenters. The monoisotopic (exact) mass is 440 g/mol. The first-order chi connectivity index (χ1) is 16.0. The van der Waals surface area contributed by atoms with Crippen molar-refractivity contribution in [3.63, 3.8) is 0 Å². The molecule has 0 saturated carbocycles. The van der Waals surface area contributed by atoms with Gasteiger partial charge in [0.25, 0.3) is 5.91 Å². The average molecular weight is 441 g/mol. The van der Waals surface area contributed by atoms with E-state index in [-0.39, 0.29) is 5.91 Å². The molecule has 0 fully saturated rings. The quantitative estimate of drug-likeness (QED) is 0.284. The van der Waals surface area contributed by atoms with Crippen molar-refractivity contribution in [3.8, 4) is 5.75 Å². The van der Waals surface area contributed by atoms with E-state index in [2.05, 4.69) is 40.7 Å². The molecule has 6 heteroatoms. The van der Waals surface area contributed by atoms with Crippen molar-refractivity contribution in [3.05, 3.63) is 95.2 Å². The third kappa shape index (κ3) is 5.23. The number of anilines is 1. The number of fused-ring (bicyclic) bond motifs is 1. The zero-order valence-corrected chi connectivity index (χ0v) is 19.1. The number of aliphatic imine (C=N–C) groups is 1. The lowest BCUT2D eigenvalue weighted by atomic mass is 10.1. The van der Waals surface area contributed by atoms with Crippen LogP contribution in [0, 0.1) is 13.8 Å². The number of amides is 1. The highest BCUT2D eigenvalue weighted by atomic mass is 16.5. The van der Waals surface area contributed by atoms with Crippen molar-refractivity contribution < 1.29 is 9.53 Å². The minimum atomic E-state index is -0.235. The summed E-state index contributed by atoms with van der Waals surface area (Å²) < 4.78 is 5.18. The molecule has 0 spiro atoms. The van der Waals surface area contributed by atoms with Crippen LogP contribution in [0.3, 0.4) is 0 Å². The molecule has 0 radical (unpaired) electrons. The number of rotatable bonds is 6. The Balaban J connectivity index is 1.54. The lowest BCUT2D eigenvalue weighted by molar-refractivity contribution is 0.0977. The summed E-state index contributed by atoms with van der Waals surface area (Å²) in [6, 6.07) is 21.2. The smallest absolute Gasteiger partial charge is 0.257 e. The Hall–Kier alpha value is -4.06. The highest BCUT2D eigenvalue weighted by Crippen LogP contribution is 2.19. The van der Waals surface area contributed by atoms with Gasteiger partial charge in [0, 0.05) is 34.9 Å². The van der Waals surface area contributed by atoms with Gasteiger partial charge in [0.05, 0.1) is 7.11 Å². The van der Waals surface area contributed by atoms with Crippen LogP contribution in [0.1, 0.15) is 27.0 Å². The summed E-state index contributed by atoms with van der Waals surface area (Å²) in [7, 11) is 1.60. The second kappa shape index (κ2) is 10.0. The first-order valence-corrected chi connectivity index (χ1v) is 10.9. The Kier molecular flexibility index (Phi) is 6.74. The van der Waals surface area contributed by atoms with Gasteiger partial charge in [-0.25, -0.2) is 0 Å². The second-order valence-electron chi connectivity index (χ2n) is 7.89. The minimum Gasteiger partial charge on any atom is -0.497 e. The van der Waals surface area contributed by atoms with Gasteiger partial charge in [-0.2, -0.15) is 0 Å². The molecule has 33 heavy (non-hydrogen) atoms. The summed E-state index contributed by atoms with van der Waals surface area (Å²) in [5, 5.41) is 7.44. The number of hydrogen-bond donors (Lipinski definition) is 3. The molecule has 4 rings (SSSR count). The summed E-state index contributed by atoms with van der Waals surface area (Å²) in [6.45, 7) is 4.63. The first-order valence-electron chi connectivity index (χ1n) is 10.9. The molecule has 1 amide bonds. The van der Waals surface area contributed by atoms with E-state index in [4.69, 9.17) is 9.73 Å². The summed E-state index contributed by atoms with van der Waals surface area (Å²) >= 11 is 0. The van der Waals surface area contributed by atoms with Crippen molar-refractivity contribution in [2.24, 2.45) is 4.99 Å². The number of hydrogen-bond acceptors (Lipinski definition) is 3. The number of carbonyl (C=O) groups is 1. The lowest BCUT2D eigenvalue weighted by Crippen LogP contribution is -2.36. The van der Waals surface area contributed by atoms with E-state index in [1.165, 1.54) is 16.5 Å². The van der Waals surface area contributed by atoms with Gasteiger partial charge in [0.1, 0.15) is 5.75 Å². The van der Waals surface area contributed by atoms with E-state index in [9.17, 15) is 4.79 Å². The normalized spacial score (nSPS) is 11.4. The molecule has 1 aromatic heterocycles. The Labute approximate surface area is 193 Å². The average Bonchev–Trinajstić information content (AvgIpc) is 3.25. The fourth-order valence-electron chi connectivity index (χ4n) is 3.67. The molecule has 3 N–H and O–H groups in total. The number of aryl methyl sites for hydroxylation is 1. The van der Waals surface area contributed by atoms with E-state index in [1.807, 2.05) is 37.4 Å². The minimum absolute atomic E-state index is 0.235. The number of H-pyrrole nitrogens is 1. The van der Waals surface area contributed by atoms with Crippen molar-refractivity contribution in [1.82, 2.24) is 10.3 Å². The Bertz CT molecular complexity index is 1290. The van der Waals surface area contributed by atoms with Crippen LogP contribution in [0.25, 0.3) is 10.9 Å². The van der Waals surface area contributed by atoms with E-state index in [1.54, 1.807) is 31.4 Å². The second-order valence-corrected chi connectivity index (χ2v) is 7.89. The molecule has 0 aliphatic carbocycles. The van der Waals surface area contributed by atoms with Crippen molar-refractivity contribution >= 4 is 28.5 Å². The number of carbonyl (C=O) groups excluding carboxylic acids is 1. The summed E-state index contributed by atoms with van der Waals surface area (Å²) in [6.07, 6.45) is 2.77. The molecule has 0 aliphatic rings. The standard InChI is InChI=1S/C27H28N4O2/c1-18-7-6-10-24(19(18)2)30-27(31-26(32)20-11-13-22(33-3)14-12-20)28-16-15-21-17-29-25-9-5-4-8-23(21)25/h4-14,17,29H,15-16H2,1-3H3,(H2,28,30,31,32). The molecule has 0 aliphatic heterocycles. The Morgan fingerprint density at radius 2 is 1.79 bits per heavy atom. The highest BCUT2D eigenvalue weighted by molar-refractivity contribution is 6.10. The van der Waals surface area contributed by atoms with Gasteiger partial charge < -0.3 is 15.0 Å². The SMILES string of the molecule is COc1ccc(C(=O)NC(=NCCc2c[nH]c3ccccc23)Nc2cccc(C)c2C)cc1. The van der Waals surface area contributed by atoms with E-state index >= 15 is 0 Å². The number of nitrogens with one attached hydrogen (secondary N) is 3. The van der Waals surface area contributed by atoms with Crippen molar-refractivity contribution in [1.29, 1.82) is 0 Å². The molecule has 1 heterocycles. The van der Waals surface area contributed by atoms with Gasteiger partial charge in [0.2, 0.25) is 5.96 Å². The maximum Gasteiger partial charge on any atom is 0.257 e. The molecule has 4 aromatic rings. The van der Waals surface area contributed by atoms with Crippen molar-refractivity contribution in [2.45, 2.75) is 20.3 Å². The Morgan fingerprint density at radius 3 is 2.58 bits per heavy atom. The van der Waals surface area contributed by atoms with Crippen LogP contribution in [0.4, 0.5) is 5.69 Å². The van der Waals surface area contributed by atoms with Crippen LogP contribution < -0.4 is 15.4 Å². The third-order valence-corrected chi connectivity index (χ3v) is 5.77. The fraction of sp³-hybridized carbons (Fsp3) is 0.185. The fourth-order valence-corrected chi connectivity index (χ4v) is 3.67. The first kappa shape index (κ1) is 22.1. The molecule has 0 bridgehead atoms. The number of benzene rings is 3. The van der Waals surface area contributed by atoms with Gasteiger partial charge in [-0.05, 0) is 73.4 Å². The third-order valence-electron chi connectivity index (χ3n) is 5.77. The van der Waals surface area contributed by atoms with Crippen LogP contribution in [-0.4, -0.2) is 30.5 Å². The molecule has 168 valence electrons. The summed E-state index contributed by atoms with van der Waals surface area (Å²) in [4.78, 5) is 20.9. The molecular formula is C27H28N4O2. The zero-order chi connectivity index (χ0) is 23.2. The van der Waals surface area contributed by atoms with Crippen LogP contribution in [-0.2, 0) is 6.42 Å². The van der Waals surface area contributed by atoms with Crippen molar-refractivity contribution in [2.75, 3.05) is 19.0 Å². The molecule has 0 saturated heterocycles. The number of nitrogens with zero attached hydrogens (tertiary/aromatic N) is 1. The van der Waals surface area contributed by atoms with Crippen LogP contribution in [0.2, 0.25) is 0 Å². The van der Waals surface area contributed by atoms with Gasteiger partial charge in [-0.15, -0.1) is 0 Å². The van der Waals surface area contributed by atoms with E-state index in [0.29, 0.717) is 23.8 Å². The van der Waals surface area contributed by atoms with Gasteiger partial charge in [-0.3, -0.25) is 15.1 Å². The van der Waals surface area contributed by atoms with Crippen LogP contribution >= 0.6 is 0 Å². The molecule has 3 aromatic carbocycles. The largest absolute Gasteiger partial charge is 0.497 e. The number of aromatic nitrogens is 1. The topological polar surface area (TPSA) is 78.5 Å². The number of guanidine groups is 1. The molecule has 6 nitrogen and oxygen atoms in total. The molecule has 0 unspecified atom stereocenters. The lowest BCUT2D eigenvalue weighted by Gasteiger charge is -2.15. The van der Waals surface area contributed by atoms with E-state index < -0.39 is 0 Å². The van der Waals surface area contributed by atoms with E-state index in [0.717, 1.165) is 23.2 Å². The van der Waals surface area contributed by atoms with Gasteiger partial charge in [-0.1, -0.05) is 30.3 Å².